The molecule has 0 radical (unpaired) electrons. The van der Waals surface area contributed by atoms with Crippen LogP contribution in [0.5, 0.6) is 0 Å². The van der Waals surface area contributed by atoms with Crippen molar-refractivity contribution in [3.63, 3.8) is 0 Å². The molecule has 1 aromatic heterocycles. The molecule has 0 aliphatic heterocycles. The van der Waals surface area contributed by atoms with Gasteiger partial charge in [-0.3, -0.25) is 4.72 Å². The molecule has 1 heterocycles. The van der Waals surface area contributed by atoms with Gasteiger partial charge in [-0.05, 0) is 34.9 Å². The Morgan fingerprint density at radius 3 is 2.09 bits per heavy atom. The van der Waals surface area contributed by atoms with Crippen molar-refractivity contribution in [3.05, 3.63) is 66.0 Å². The van der Waals surface area contributed by atoms with Gasteiger partial charge in [0.25, 0.3) is 0 Å². The van der Waals surface area contributed by atoms with E-state index in [2.05, 4.69) is 82.2 Å². The molecule has 0 spiro atoms. The van der Waals surface area contributed by atoms with Crippen LogP contribution in [0.3, 0.4) is 0 Å². The molecule has 0 bridgehead atoms. The molecule has 0 saturated carbocycles. The van der Waals surface area contributed by atoms with Crippen LogP contribution in [0, 0.1) is 5.92 Å². The smallest absolute Gasteiger partial charge is 0.241 e. The average molecular weight is 484 g/mol. The summed E-state index contributed by atoms with van der Waals surface area (Å²) in [5, 5.41) is 12.8. The molecular weight excluding hydrogens is 450 g/mol. The maximum Gasteiger partial charge on any atom is 0.241 e. The van der Waals surface area contributed by atoms with Crippen LogP contribution < -0.4 is 10.0 Å². The monoisotopic (exact) mass is 483 g/mol. The van der Waals surface area contributed by atoms with Gasteiger partial charge in [0.05, 0.1) is 18.9 Å². The van der Waals surface area contributed by atoms with Crippen molar-refractivity contribution in [3.8, 4) is 11.1 Å². The fourth-order valence-electron chi connectivity index (χ4n) is 3.74. The Labute approximate surface area is 202 Å². The van der Waals surface area contributed by atoms with Gasteiger partial charge < -0.3 is 10.4 Å². The highest BCUT2D eigenvalue weighted by atomic mass is 32.2. The molecular formula is C25H33N5O3S. The van der Waals surface area contributed by atoms with Crippen LogP contribution in [-0.2, 0) is 16.4 Å². The molecule has 0 amide bonds. The molecule has 0 fully saturated rings. The predicted octanol–water partition coefficient (Wildman–Crippen LogP) is 4.08. The zero-order chi connectivity index (χ0) is 24.7. The Hall–Kier alpha value is -3.04. The molecule has 0 aliphatic carbocycles. The lowest BCUT2D eigenvalue weighted by Crippen LogP contribution is -2.27. The van der Waals surface area contributed by atoms with Gasteiger partial charge in [0.1, 0.15) is 5.82 Å². The average Bonchev–Trinajstić information content (AvgIpc) is 2.77. The Bertz CT molecular complexity index is 1170. The summed E-state index contributed by atoms with van der Waals surface area (Å²) in [7, 11) is -3.56. The van der Waals surface area contributed by atoms with Crippen molar-refractivity contribution in [1.82, 2.24) is 15.0 Å². The molecule has 2 aromatic carbocycles. The Morgan fingerprint density at radius 2 is 1.50 bits per heavy atom. The highest BCUT2D eigenvalue weighted by Crippen LogP contribution is 2.25. The van der Waals surface area contributed by atoms with E-state index in [9.17, 15) is 13.5 Å². The van der Waals surface area contributed by atoms with E-state index in [1.54, 1.807) is 0 Å². The number of rotatable bonds is 11. The van der Waals surface area contributed by atoms with Gasteiger partial charge in [0.15, 0.2) is 0 Å². The van der Waals surface area contributed by atoms with Crippen molar-refractivity contribution >= 4 is 21.9 Å². The maximum atomic E-state index is 11.8. The third-order valence-corrected chi connectivity index (χ3v) is 5.90. The first-order valence-electron chi connectivity index (χ1n) is 11.4. The molecule has 1 unspecified atom stereocenters. The number of nitrogens with zero attached hydrogens (tertiary/aromatic N) is 3. The molecule has 9 heteroatoms. The van der Waals surface area contributed by atoms with Crippen LogP contribution in [0.2, 0.25) is 0 Å². The molecule has 8 nitrogen and oxygen atoms in total. The molecule has 3 rings (SSSR count). The minimum atomic E-state index is -3.56. The first-order valence-corrected chi connectivity index (χ1v) is 13.3. The third-order valence-electron chi connectivity index (χ3n) is 5.34. The van der Waals surface area contributed by atoms with Crippen molar-refractivity contribution in [2.45, 2.75) is 45.6 Å². The highest BCUT2D eigenvalue weighted by Gasteiger charge is 2.17. The number of nitrogens with one attached hydrogen (secondary N) is 2. The fourth-order valence-corrected chi connectivity index (χ4v) is 4.17. The van der Waals surface area contributed by atoms with Gasteiger partial charge in [-0.25, -0.2) is 8.42 Å². The second-order valence-corrected chi connectivity index (χ2v) is 10.8. The summed E-state index contributed by atoms with van der Waals surface area (Å²) in [6, 6.07) is 18.3. The minimum Gasteiger partial charge on any atom is -0.394 e. The van der Waals surface area contributed by atoms with Gasteiger partial charge >= 0.3 is 0 Å². The first-order chi connectivity index (χ1) is 16.1. The van der Waals surface area contributed by atoms with Crippen LogP contribution in [0.25, 0.3) is 11.1 Å². The lowest BCUT2D eigenvalue weighted by atomic mass is 9.95. The molecule has 2 atom stereocenters. The quantitative estimate of drug-likeness (QED) is 0.376. The van der Waals surface area contributed by atoms with Gasteiger partial charge in [-0.2, -0.15) is 15.0 Å². The van der Waals surface area contributed by atoms with E-state index in [1.165, 1.54) is 0 Å². The number of anilines is 2. The van der Waals surface area contributed by atoms with Crippen LogP contribution in [0.15, 0.2) is 54.6 Å². The van der Waals surface area contributed by atoms with E-state index in [1.807, 2.05) is 18.2 Å². The maximum absolute atomic E-state index is 11.8. The normalized spacial score (nSPS) is 13.5. The van der Waals surface area contributed by atoms with Crippen molar-refractivity contribution in [2.24, 2.45) is 5.92 Å². The molecule has 0 saturated heterocycles. The van der Waals surface area contributed by atoms with Crippen LogP contribution >= 0.6 is 0 Å². The van der Waals surface area contributed by atoms with E-state index in [-0.39, 0.29) is 30.5 Å². The van der Waals surface area contributed by atoms with Crippen molar-refractivity contribution in [2.75, 3.05) is 22.9 Å². The van der Waals surface area contributed by atoms with Gasteiger partial charge in [-0.15, -0.1) is 0 Å². The number of hydrogen-bond donors (Lipinski definition) is 3. The second-order valence-electron chi connectivity index (χ2n) is 9.02. The zero-order valence-electron chi connectivity index (χ0n) is 20.1. The van der Waals surface area contributed by atoms with E-state index in [4.69, 9.17) is 0 Å². The number of aliphatic hydroxyl groups is 1. The fraction of sp³-hybridized carbons (Fsp3) is 0.400. The Kier molecular flexibility index (Phi) is 8.57. The number of benzene rings is 2. The summed E-state index contributed by atoms with van der Waals surface area (Å²) in [6.07, 6.45) is 2.26. The third kappa shape index (κ3) is 7.78. The molecule has 3 N–H and O–H groups in total. The van der Waals surface area contributed by atoms with Crippen LogP contribution in [0.4, 0.5) is 11.9 Å². The SMILES string of the molecule is CC(C)C[C@H](CO)Nc1nc(CC(C)c2ccc(-c3ccccc3)cc2)nc(NS(C)(=O)=O)n1. The summed E-state index contributed by atoms with van der Waals surface area (Å²) in [6.45, 7) is 6.11. The second kappa shape index (κ2) is 11.4. The summed E-state index contributed by atoms with van der Waals surface area (Å²) >= 11 is 0. The molecule has 182 valence electrons. The van der Waals surface area contributed by atoms with Crippen LogP contribution in [-0.4, -0.2) is 47.4 Å². The van der Waals surface area contributed by atoms with Gasteiger partial charge in [-0.1, -0.05) is 75.4 Å². The number of sulfonamides is 1. The topological polar surface area (TPSA) is 117 Å². The molecule has 34 heavy (non-hydrogen) atoms. The number of hydrogen-bond acceptors (Lipinski definition) is 7. The lowest BCUT2D eigenvalue weighted by molar-refractivity contribution is 0.259. The lowest BCUT2D eigenvalue weighted by Gasteiger charge is -2.19. The van der Waals surface area contributed by atoms with E-state index < -0.39 is 10.0 Å². The first kappa shape index (κ1) is 25.6. The van der Waals surface area contributed by atoms with Crippen molar-refractivity contribution < 1.29 is 13.5 Å². The summed E-state index contributed by atoms with van der Waals surface area (Å²) in [5.41, 5.74) is 3.43. The largest absolute Gasteiger partial charge is 0.394 e. The Morgan fingerprint density at radius 1 is 0.882 bits per heavy atom. The van der Waals surface area contributed by atoms with Gasteiger partial charge in [0, 0.05) is 6.42 Å². The minimum absolute atomic E-state index is 0.0390. The molecule has 0 aliphatic rings. The van der Waals surface area contributed by atoms with Gasteiger partial charge in [0.2, 0.25) is 21.9 Å². The Balaban J connectivity index is 1.81. The zero-order valence-corrected chi connectivity index (χ0v) is 20.9. The summed E-state index contributed by atoms with van der Waals surface area (Å²) in [5.74, 6) is 1.11. The van der Waals surface area contributed by atoms with Crippen molar-refractivity contribution in [1.29, 1.82) is 0 Å². The predicted molar refractivity (Wildman–Crippen MR) is 136 cm³/mol. The summed E-state index contributed by atoms with van der Waals surface area (Å²) in [4.78, 5) is 13.0. The van der Waals surface area contributed by atoms with E-state index >= 15 is 0 Å². The standard InChI is InChI=1S/C25H33N5O3S/c1-17(2)14-22(16-31)26-24-27-23(28-25(29-24)30-34(4,32)33)15-18(3)19-10-12-21(13-11-19)20-8-6-5-7-9-20/h5-13,17-18,22,31H,14-16H2,1-4H3,(H2,26,27,28,29,30)/t18?,22-/m1/s1. The van der Waals surface area contributed by atoms with E-state index in [0.717, 1.165) is 29.4 Å². The van der Waals surface area contributed by atoms with Crippen LogP contribution in [0.1, 0.15) is 44.5 Å². The number of aliphatic hydroxyl groups excluding tert-OH is 1. The summed E-state index contributed by atoms with van der Waals surface area (Å²) < 4.78 is 25.9. The number of aromatic nitrogens is 3. The molecule has 3 aromatic rings. The highest BCUT2D eigenvalue weighted by molar-refractivity contribution is 7.91. The van der Waals surface area contributed by atoms with E-state index in [0.29, 0.717) is 18.2 Å².